The molecule has 0 saturated carbocycles. The Morgan fingerprint density at radius 1 is 1.32 bits per heavy atom. The molecule has 0 spiro atoms. The summed E-state index contributed by atoms with van der Waals surface area (Å²) in [5, 5.41) is 5.79. The fourth-order valence-corrected chi connectivity index (χ4v) is 2.54. The number of benzene rings is 1. The maximum Gasteiger partial charge on any atom is 0.0868 e. The number of halogens is 2. The summed E-state index contributed by atoms with van der Waals surface area (Å²) < 4.78 is 1.80. The molecule has 3 nitrogen and oxygen atoms in total. The maximum atomic E-state index is 6.34. The van der Waals surface area contributed by atoms with Crippen molar-refractivity contribution in [1.82, 2.24) is 9.78 Å². The summed E-state index contributed by atoms with van der Waals surface area (Å²) in [6.45, 7) is 5.79. The first-order valence-electron chi connectivity index (χ1n) is 6.17. The van der Waals surface area contributed by atoms with Crippen molar-refractivity contribution in [1.29, 1.82) is 0 Å². The van der Waals surface area contributed by atoms with Gasteiger partial charge in [0, 0.05) is 6.04 Å². The largest absolute Gasteiger partial charge is 0.328 e. The zero-order chi connectivity index (χ0) is 14.2. The first kappa shape index (κ1) is 14.4. The molecule has 1 unspecified atom stereocenters. The molecule has 0 aliphatic carbocycles. The lowest BCUT2D eigenvalue weighted by molar-refractivity contribution is 0.724. The van der Waals surface area contributed by atoms with Crippen LogP contribution in [0.2, 0.25) is 10.0 Å². The molecule has 2 aromatic rings. The quantitative estimate of drug-likeness (QED) is 0.939. The van der Waals surface area contributed by atoms with Crippen molar-refractivity contribution in [2.24, 2.45) is 5.73 Å². The molecule has 2 N–H and O–H groups in total. The highest BCUT2D eigenvalue weighted by Gasteiger charge is 2.16. The molecular weight excluding hydrogens is 281 g/mol. The van der Waals surface area contributed by atoms with Crippen molar-refractivity contribution >= 4 is 23.2 Å². The average Bonchev–Trinajstić information content (AvgIpc) is 2.57. The van der Waals surface area contributed by atoms with E-state index in [1.54, 1.807) is 4.68 Å². The highest BCUT2D eigenvalue weighted by Crippen LogP contribution is 2.29. The van der Waals surface area contributed by atoms with Crippen LogP contribution in [0.1, 0.15) is 23.9 Å². The molecule has 0 radical (unpaired) electrons. The van der Waals surface area contributed by atoms with Gasteiger partial charge in [0.2, 0.25) is 0 Å². The normalized spacial score (nSPS) is 12.7. The van der Waals surface area contributed by atoms with Gasteiger partial charge in [-0.1, -0.05) is 35.3 Å². The second-order valence-corrected chi connectivity index (χ2v) is 5.61. The maximum absolute atomic E-state index is 6.34. The lowest BCUT2D eigenvalue weighted by Gasteiger charge is -2.14. The minimum atomic E-state index is 0.0599. The minimum absolute atomic E-state index is 0.0599. The molecule has 5 heteroatoms. The van der Waals surface area contributed by atoms with E-state index in [0.717, 1.165) is 29.1 Å². The van der Waals surface area contributed by atoms with Gasteiger partial charge in [-0.2, -0.15) is 5.10 Å². The minimum Gasteiger partial charge on any atom is -0.328 e. The van der Waals surface area contributed by atoms with Crippen LogP contribution >= 0.6 is 23.2 Å². The number of aromatic nitrogens is 2. The molecule has 19 heavy (non-hydrogen) atoms. The lowest BCUT2D eigenvalue weighted by atomic mass is 10.1. The van der Waals surface area contributed by atoms with E-state index in [-0.39, 0.29) is 6.04 Å². The summed E-state index contributed by atoms with van der Waals surface area (Å²) in [6.07, 6.45) is 0.742. The van der Waals surface area contributed by atoms with E-state index in [4.69, 9.17) is 28.9 Å². The Morgan fingerprint density at radius 2 is 2.00 bits per heavy atom. The molecule has 1 atom stereocenters. The van der Waals surface area contributed by atoms with E-state index in [1.165, 1.54) is 0 Å². The molecule has 1 heterocycles. The summed E-state index contributed by atoms with van der Waals surface area (Å²) in [5.74, 6) is 0. The van der Waals surface area contributed by atoms with Gasteiger partial charge in [-0.3, -0.25) is 0 Å². The van der Waals surface area contributed by atoms with Crippen molar-refractivity contribution < 1.29 is 0 Å². The lowest BCUT2D eigenvalue weighted by Crippen LogP contribution is -2.19. The molecule has 1 aromatic heterocycles. The van der Waals surface area contributed by atoms with Crippen molar-refractivity contribution in [3.8, 4) is 5.69 Å². The van der Waals surface area contributed by atoms with Crippen molar-refractivity contribution in [2.75, 3.05) is 0 Å². The van der Waals surface area contributed by atoms with Crippen molar-refractivity contribution in [3.05, 3.63) is 45.2 Å². The van der Waals surface area contributed by atoms with Crippen LogP contribution in [0.3, 0.4) is 0 Å². The Balaban J connectivity index is 2.63. The molecule has 102 valence electrons. The Labute approximate surface area is 123 Å². The number of nitrogens with zero attached hydrogens (tertiary/aromatic N) is 2. The molecule has 0 aliphatic rings. The molecule has 0 fully saturated rings. The van der Waals surface area contributed by atoms with Gasteiger partial charge in [0.15, 0.2) is 0 Å². The average molecular weight is 298 g/mol. The van der Waals surface area contributed by atoms with Crippen LogP contribution < -0.4 is 5.73 Å². The molecule has 0 bridgehead atoms. The third-order valence-corrected chi connectivity index (χ3v) is 3.88. The van der Waals surface area contributed by atoms with Crippen LogP contribution in [-0.4, -0.2) is 15.8 Å². The third kappa shape index (κ3) is 2.78. The number of para-hydroxylation sites is 1. The predicted molar refractivity (Wildman–Crippen MR) is 80.4 cm³/mol. The first-order valence-corrected chi connectivity index (χ1v) is 6.92. The van der Waals surface area contributed by atoms with Gasteiger partial charge >= 0.3 is 0 Å². The molecular formula is C14H17Cl2N3. The summed E-state index contributed by atoms with van der Waals surface area (Å²) in [7, 11) is 0. The van der Waals surface area contributed by atoms with E-state index in [9.17, 15) is 0 Å². The van der Waals surface area contributed by atoms with Gasteiger partial charge in [0.1, 0.15) is 0 Å². The monoisotopic (exact) mass is 297 g/mol. The van der Waals surface area contributed by atoms with E-state index in [2.05, 4.69) is 5.10 Å². The van der Waals surface area contributed by atoms with Gasteiger partial charge in [-0.15, -0.1) is 0 Å². The topological polar surface area (TPSA) is 43.8 Å². The van der Waals surface area contributed by atoms with Gasteiger partial charge in [0.05, 0.1) is 27.1 Å². The standard InChI is InChI=1S/C14H17Cl2N3/c1-8(17)7-11-5-4-6-12(15)14(11)19-10(3)13(16)9(2)18-19/h4-6,8H,7,17H2,1-3H3. The zero-order valence-corrected chi connectivity index (χ0v) is 12.8. The second kappa shape index (κ2) is 5.53. The Hall–Kier alpha value is -1.03. The van der Waals surface area contributed by atoms with Gasteiger partial charge in [-0.25, -0.2) is 4.68 Å². The summed E-state index contributed by atoms with van der Waals surface area (Å²) in [4.78, 5) is 0. The fourth-order valence-electron chi connectivity index (χ4n) is 2.15. The summed E-state index contributed by atoms with van der Waals surface area (Å²) >= 11 is 12.5. The molecule has 0 saturated heterocycles. The Bertz CT molecular complexity index is 603. The van der Waals surface area contributed by atoms with Crippen LogP contribution in [0, 0.1) is 13.8 Å². The highest BCUT2D eigenvalue weighted by atomic mass is 35.5. The van der Waals surface area contributed by atoms with Gasteiger partial charge in [-0.05, 0) is 38.8 Å². The van der Waals surface area contributed by atoms with Crippen molar-refractivity contribution in [2.45, 2.75) is 33.2 Å². The number of hydrogen-bond donors (Lipinski definition) is 1. The first-order chi connectivity index (χ1) is 8.91. The number of hydrogen-bond acceptors (Lipinski definition) is 2. The van der Waals surface area contributed by atoms with Crippen molar-refractivity contribution in [3.63, 3.8) is 0 Å². The molecule has 0 aliphatic heterocycles. The Kier molecular flexibility index (Phi) is 4.19. The predicted octanol–water partition coefficient (Wildman–Crippen LogP) is 3.69. The SMILES string of the molecule is Cc1nn(-c2c(Cl)cccc2CC(C)N)c(C)c1Cl. The van der Waals surface area contributed by atoms with Crippen LogP contribution in [-0.2, 0) is 6.42 Å². The highest BCUT2D eigenvalue weighted by molar-refractivity contribution is 6.33. The zero-order valence-electron chi connectivity index (χ0n) is 11.2. The van der Waals surface area contributed by atoms with Crippen LogP contribution in [0.5, 0.6) is 0 Å². The summed E-state index contributed by atoms with van der Waals surface area (Å²) in [5.41, 5.74) is 9.52. The van der Waals surface area contributed by atoms with E-state index in [0.29, 0.717) is 10.0 Å². The summed E-state index contributed by atoms with van der Waals surface area (Å²) in [6, 6.07) is 5.86. The van der Waals surface area contributed by atoms with Crippen LogP contribution in [0.4, 0.5) is 0 Å². The molecule has 2 rings (SSSR count). The van der Waals surface area contributed by atoms with Crippen LogP contribution in [0.15, 0.2) is 18.2 Å². The molecule has 1 aromatic carbocycles. The van der Waals surface area contributed by atoms with Gasteiger partial charge in [0.25, 0.3) is 0 Å². The van der Waals surface area contributed by atoms with Gasteiger partial charge < -0.3 is 5.73 Å². The smallest absolute Gasteiger partial charge is 0.0868 e. The second-order valence-electron chi connectivity index (χ2n) is 4.83. The number of aryl methyl sites for hydroxylation is 1. The van der Waals surface area contributed by atoms with E-state index < -0.39 is 0 Å². The van der Waals surface area contributed by atoms with E-state index >= 15 is 0 Å². The van der Waals surface area contributed by atoms with E-state index in [1.807, 2.05) is 39.0 Å². The Morgan fingerprint density at radius 3 is 2.53 bits per heavy atom. The fraction of sp³-hybridized carbons (Fsp3) is 0.357. The third-order valence-electron chi connectivity index (χ3n) is 3.03. The number of rotatable bonds is 3. The number of nitrogens with two attached hydrogens (primary N) is 1. The molecule has 0 amide bonds. The van der Waals surface area contributed by atoms with Crippen LogP contribution in [0.25, 0.3) is 5.69 Å².